The molecule has 94 valence electrons. The maximum absolute atomic E-state index is 9.05. The zero-order chi connectivity index (χ0) is 12.7. The van der Waals surface area contributed by atoms with Gasteiger partial charge in [-0.05, 0) is 18.9 Å². The lowest BCUT2D eigenvalue weighted by molar-refractivity contribution is 0.276. The van der Waals surface area contributed by atoms with E-state index >= 15 is 0 Å². The van der Waals surface area contributed by atoms with E-state index in [0.29, 0.717) is 24.6 Å². The molecule has 1 rings (SSSR count). The Morgan fingerprint density at radius 2 is 2.35 bits per heavy atom. The summed E-state index contributed by atoms with van der Waals surface area (Å²) < 4.78 is 1.65. The summed E-state index contributed by atoms with van der Waals surface area (Å²) in [6, 6.07) is 1.75. The number of aliphatic hydroxyl groups is 1. The quantitative estimate of drug-likeness (QED) is 0.720. The molecule has 17 heavy (non-hydrogen) atoms. The first-order valence-corrected chi connectivity index (χ1v) is 5.81. The van der Waals surface area contributed by atoms with Crippen LogP contribution in [0.5, 0.6) is 0 Å². The van der Waals surface area contributed by atoms with E-state index in [2.05, 4.69) is 35.5 Å². The highest BCUT2D eigenvalue weighted by atomic mass is 16.3. The van der Waals surface area contributed by atoms with Crippen molar-refractivity contribution in [3.63, 3.8) is 0 Å². The molecule has 1 heterocycles. The number of nitriles is 1. The van der Waals surface area contributed by atoms with E-state index in [-0.39, 0.29) is 6.61 Å². The van der Waals surface area contributed by atoms with Gasteiger partial charge in [0.1, 0.15) is 11.7 Å². The minimum atomic E-state index is -0.416. The molecule has 6 heteroatoms. The number of nitrogens with zero attached hydrogens (tertiary/aromatic N) is 4. The Labute approximate surface area is 101 Å². The van der Waals surface area contributed by atoms with E-state index in [1.54, 1.807) is 10.9 Å². The molecule has 6 nitrogen and oxygen atoms in total. The molecule has 0 aliphatic carbocycles. The second-order valence-electron chi connectivity index (χ2n) is 4.35. The molecule has 1 atom stereocenters. The highest BCUT2D eigenvalue weighted by molar-refractivity contribution is 5.10. The fourth-order valence-electron chi connectivity index (χ4n) is 1.36. The Morgan fingerprint density at radius 1 is 1.59 bits per heavy atom. The van der Waals surface area contributed by atoms with Gasteiger partial charge in [0, 0.05) is 13.2 Å². The standard InChI is InChI=1S/C11H19N5O/c1-9(2)7-13-10(6-12)11-8-16(15-14-11)4-3-5-17/h8-10,13,17H,3-5,7H2,1-2H3. The lowest BCUT2D eigenvalue weighted by Crippen LogP contribution is -2.24. The Morgan fingerprint density at radius 3 is 2.94 bits per heavy atom. The zero-order valence-corrected chi connectivity index (χ0v) is 10.3. The van der Waals surface area contributed by atoms with Crippen molar-refractivity contribution in [1.29, 1.82) is 5.26 Å². The first kappa shape index (κ1) is 13.6. The third-order valence-corrected chi connectivity index (χ3v) is 2.26. The van der Waals surface area contributed by atoms with Crippen LogP contribution in [0.25, 0.3) is 0 Å². The van der Waals surface area contributed by atoms with Gasteiger partial charge in [0.15, 0.2) is 0 Å². The van der Waals surface area contributed by atoms with Gasteiger partial charge in [0.05, 0.1) is 12.3 Å². The first-order valence-electron chi connectivity index (χ1n) is 5.81. The predicted octanol–water partition coefficient (Wildman–Crippen LogP) is 0.471. The molecule has 0 aromatic carbocycles. The number of nitrogens with one attached hydrogen (secondary N) is 1. The highest BCUT2D eigenvalue weighted by Gasteiger charge is 2.14. The summed E-state index contributed by atoms with van der Waals surface area (Å²) in [7, 11) is 0. The molecule has 1 unspecified atom stereocenters. The molecule has 0 aliphatic heterocycles. The normalized spacial score (nSPS) is 12.6. The second kappa shape index (κ2) is 6.99. The lowest BCUT2D eigenvalue weighted by Gasteiger charge is -2.10. The number of aryl methyl sites for hydroxylation is 1. The van der Waals surface area contributed by atoms with Crippen molar-refractivity contribution in [3.8, 4) is 6.07 Å². The van der Waals surface area contributed by atoms with Crippen LogP contribution in [-0.4, -0.2) is 33.3 Å². The number of hydrogen-bond donors (Lipinski definition) is 2. The Balaban J connectivity index is 2.57. The van der Waals surface area contributed by atoms with Gasteiger partial charge < -0.3 is 5.11 Å². The van der Waals surface area contributed by atoms with Crippen LogP contribution in [0, 0.1) is 17.2 Å². The van der Waals surface area contributed by atoms with Crippen LogP contribution in [-0.2, 0) is 6.54 Å². The van der Waals surface area contributed by atoms with Crippen LogP contribution in [0.3, 0.4) is 0 Å². The number of hydrogen-bond acceptors (Lipinski definition) is 5. The fraction of sp³-hybridized carbons (Fsp3) is 0.727. The minimum absolute atomic E-state index is 0.127. The van der Waals surface area contributed by atoms with Crippen molar-refractivity contribution in [2.24, 2.45) is 5.92 Å². The van der Waals surface area contributed by atoms with Gasteiger partial charge in [-0.1, -0.05) is 19.1 Å². The number of aliphatic hydroxyl groups excluding tert-OH is 1. The number of rotatable bonds is 7. The molecule has 0 saturated heterocycles. The molecule has 0 aliphatic rings. The van der Waals surface area contributed by atoms with Crippen LogP contribution in [0.1, 0.15) is 32.0 Å². The molecule has 0 spiro atoms. The summed E-state index contributed by atoms with van der Waals surface area (Å²) >= 11 is 0. The third-order valence-electron chi connectivity index (χ3n) is 2.26. The smallest absolute Gasteiger partial charge is 0.141 e. The summed E-state index contributed by atoms with van der Waals surface area (Å²) in [6.07, 6.45) is 2.39. The van der Waals surface area contributed by atoms with Crippen LogP contribution < -0.4 is 5.32 Å². The van der Waals surface area contributed by atoms with E-state index < -0.39 is 6.04 Å². The van der Waals surface area contributed by atoms with Gasteiger partial charge in [-0.2, -0.15) is 5.26 Å². The molecule has 0 radical (unpaired) electrons. The van der Waals surface area contributed by atoms with Crippen molar-refractivity contribution >= 4 is 0 Å². The van der Waals surface area contributed by atoms with Gasteiger partial charge in [-0.25, -0.2) is 0 Å². The van der Waals surface area contributed by atoms with Gasteiger partial charge in [-0.3, -0.25) is 10.00 Å². The SMILES string of the molecule is CC(C)CNC(C#N)c1cn(CCCO)nn1. The summed E-state index contributed by atoms with van der Waals surface area (Å²) in [5.41, 5.74) is 0.631. The lowest BCUT2D eigenvalue weighted by atomic mass is 10.2. The average molecular weight is 237 g/mol. The second-order valence-corrected chi connectivity index (χ2v) is 4.35. The van der Waals surface area contributed by atoms with E-state index in [4.69, 9.17) is 10.4 Å². The van der Waals surface area contributed by atoms with E-state index in [1.165, 1.54) is 0 Å². The van der Waals surface area contributed by atoms with Crippen LogP contribution >= 0.6 is 0 Å². The van der Waals surface area contributed by atoms with Crippen molar-refractivity contribution in [1.82, 2.24) is 20.3 Å². The highest BCUT2D eigenvalue weighted by Crippen LogP contribution is 2.08. The Kier molecular flexibility index (Phi) is 5.60. The van der Waals surface area contributed by atoms with Gasteiger partial charge in [-0.15, -0.1) is 5.10 Å². The van der Waals surface area contributed by atoms with Crippen LogP contribution in [0.15, 0.2) is 6.20 Å². The molecular formula is C11H19N5O. The van der Waals surface area contributed by atoms with E-state index in [0.717, 1.165) is 6.54 Å². The average Bonchev–Trinajstić information content (AvgIpc) is 2.75. The van der Waals surface area contributed by atoms with Crippen molar-refractivity contribution < 1.29 is 5.11 Å². The zero-order valence-electron chi connectivity index (χ0n) is 10.3. The van der Waals surface area contributed by atoms with Gasteiger partial charge in [0.25, 0.3) is 0 Å². The van der Waals surface area contributed by atoms with Crippen LogP contribution in [0.2, 0.25) is 0 Å². The molecule has 0 amide bonds. The Hall–Kier alpha value is -1.45. The Bertz CT molecular complexity index is 368. The minimum Gasteiger partial charge on any atom is -0.396 e. The van der Waals surface area contributed by atoms with E-state index in [1.807, 2.05) is 0 Å². The molecule has 0 saturated carbocycles. The van der Waals surface area contributed by atoms with Crippen LogP contribution in [0.4, 0.5) is 0 Å². The van der Waals surface area contributed by atoms with Crippen molar-refractivity contribution in [3.05, 3.63) is 11.9 Å². The maximum Gasteiger partial charge on any atom is 0.141 e. The summed E-state index contributed by atoms with van der Waals surface area (Å²) in [5.74, 6) is 0.482. The monoisotopic (exact) mass is 237 g/mol. The van der Waals surface area contributed by atoms with Crippen molar-refractivity contribution in [2.75, 3.05) is 13.2 Å². The predicted molar refractivity (Wildman–Crippen MR) is 62.9 cm³/mol. The van der Waals surface area contributed by atoms with Gasteiger partial charge in [0.2, 0.25) is 0 Å². The molecule has 1 aromatic heterocycles. The molecule has 0 bridgehead atoms. The topological polar surface area (TPSA) is 86.8 Å². The van der Waals surface area contributed by atoms with Gasteiger partial charge >= 0.3 is 0 Å². The maximum atomic E-state index is 9.05. The molecule has 1 aromatic rings. The molecule has 0 fully saturated rings. The van der Waals surface area contributed by atoms with E-state index in [9.17, 15) is 0 Å². The summed E-state index contributed by atoms with van der Waals surface area (Å²) in [4.78, 5) is 0. The fourth-order valence-corrected chi connectivity index (χ4v) is 1.36. The van der Waals surface area contributed by atoms with Crippen molar-refractivity contribution in [2.45, 2.75) is 32.9 Å². The first-order chi connectivity index (χ1) is 8.17. The summed E-state index contributed by atoms with van der Waals surface area (Å²) in [5, 5.41) is 28.8. The summed E-state index contributed by atoms with van der Waals surface area (Å²) in [6.45, 7) is 5.68. The number of aromatic nitrogens is 3. The molecule has 2 N–H and O–H groups in total. The third kappa shape index (κ3) is 4.51. The molecular weight excluding hydrogens is 218 g/mol. The largest absolute Gasteiger partial charge is 0.396 e.